The van der Waals surface area contributed by atoms with E-state index in [1.54, 1.807) is 18.7 Å². The Labute approximate surface area is 244 Å². The van der Waals surface area contributed by atoms with E-state index in [4.69, 9.17) is 0 Å². The Balaban J connectivity index is 1.42. The summed E-state index contributed by atoms with van der Waals surface area (Å²) in [6, 6.07) is 15.9. The van der Waals surface area contributed by atoms with Gasteiger partial charge in [0.05, 0.1) is 17.0 Å². The van der Waals surface area contributed by atoms with Crippen molar-refractivity contribution in [1.82, 2.24) is 14.2 Å². The Morgan fingerprint density at radius 2 is 1.62 bits per heavy atom. The number of amides is 1. The summed E-state index contributed by atoms with van der Waals surface area (Å²) in [6.45, 7) is 5.42. The first-order valence-electron chi connectivity index (χ1n) is 13.9. The number of hydrogen-bond acceptors (Lipinski definition) is 3. The number of aromatic amines is 1. The van der Waals surface area contributed by atoms with Gasteiger partial charge >= 0.3 is 6.18 Å². The van der Waals surface area contributed by atoms with Crippen molar-refractivity contribution in [2.45, 2.75) is 63.7 Å². The van der Waals surface area contributed by atoms with Gasteiger partial charge in [0.1, 0.15) is 0 Å². The van der Waals surface area contributed by atoms with Gasteiger partial charge in [0.15, 0.2) is 0 Å². The van der Waals surface area contributed by atoms with E-state index in [2.05, 4.69) is 4.98 Å². The maximum absolute atomic E-state index is 14.0. The second kappa shape index (κ2) is 11.6. The van der Waals surface area contributed by atoms with E-state index < -0.39 is 27.7 Å². The number of H-pyrrole nitrogens is 1. The number of benzene rings is 3. The van der Waals surface area contributed by atoms with Gasteiger partial charge in [-0.05, 0) is 80.5 Å². The van der Waals surface area contributed by atoms with Gasteiger partial charge in [0.2, 0.25) is 15.9 Å². The topological polar surface area (TPSA) is 73.5 Å². The summed E-state index contributed by atoms with van der Waals surface area (Å²) in [5.41, 5.74) is 3.94. The monoisotopic (exact) mass is 597 g/mol. The minimum absolute atomic E-state index is 0.0560. The normalized spacial score (nSPS) is 14.1. The highest BCUT2D eigenvalue weighted by atomic mass is 32.2. The fraction of sp³-hybridized carbons (Fsp3) is 0.344. The zero-order chi connectivity index (χ0) is 30.2. The van der Waals surface area contributed by atoms with Gasteiger partial charge in [-0.25, -0.2) is 8.42 Å². The van der Waals surface area contributed by atoms with Crippen molar-refractivity contribution in [2.75, 3.05) is 13.1 Å². The molecule has 0 unspecified atom stereocenters. The van der Waals surface area contributed by atoms with E-state index in [0.29, 0.717) is 36.0 Å². The number of nitrogens with zero attached hydrogens (tertiary/aromatic N) is 2. The van der Waals surface area contributed by atoms with E-state index in [-0.39, 0.29) is 30.6 Å². The third-order valence-corrected chi connectivity index (χ3v) is 9.95. The fourth-order valence-electron chi connectivity index (χ4n) is 5.60. The first-order valence-corrected chi connectivity index (χ1v) is 15.4. The number of rotatable bonds is 10. The number of halogens is 3. The van der Waals surface area contributed by atoms with Crippen LogP contribution in [0, 0.1) is 20.8 Å². The molecule has 3 aromatic carbocycles. The zero-order valence-electron chi connectivity index (χ0n) is 23.8. The molecule has 0 aliphatic heterocycles. The summed E-state index contributed by atoms with van der Waals surface area (Å²) >= 11 is 0. The van der Waals surface area contributed by atoms with Crippen LogP contribution in [0.4, 0.5) is 13.2 Å². The first-order chi connectivity index (χ1) is 19.8. The Hall–Kier alpha value is -3.63. The fourth-order valence-corrected chi connectivity index (χ4v) is 7.65. The lowest BCUT2D eigenvalue weighted by Crippen LogP contribution is -2.44. The molecule has 1 heterocycles. The van der Waals surface area contributed by atoms with Gasteiger partial charge < -0.3 is 9.88 Å². The average Bonchev–Trinajstić information content (AvgIpc) is 3.67. The first kappa shape index (κ1) is 29.8. The van der Waals surface area contributed by atoms with Crippen molar-refractivity contribution < 1.29 is 26.4 Å². The summed E-state index contributed by atoms with van der Waals surface area (Å²) in [5, 5.41) is 1.02. The largest absolute Gasteiger partial charge is 0.416 e. The van der Waals surface area contributed by atoms with E-state index >= 15 is 0 Å². The predicted molar refractivity (Wildman–Crippen MR) is 156 cm³/mol. The minimum Gasteiger partial charge on any atom is -0.361 e. The summed E-state index contributed by atoms with van der Waals surface area (Å²) in [5.74, 6) is -0.396. The Morgan fingerprint density at radius 1 is 0.976 bits per heavy atom. The molecule has 6 nitrogen and oxygen atoms in total. The van der Waals surface area contributed by atoms with Crippen molar-refractivity contribution in [1.29, 1.82) is 0 Å². The molecule has 42 heavy (non-hydrogen) atoms. The molecular formula is C32H34F3N3O3S. The molecule has 0 spiro atoms. The minimum atomic E-state index is -4.46. The lowest BCUT2D eigenvalue weighted by Gasteiger charge is -2.28. The number of para-hydroxylation sites is 1. The van der Waals surface area contributed by atoms with Crippen LogP contribution in [0.15, 0.2) is 71.8 Å². The number of aryl methyl sites for hydroxylation is 3. The molecule has 1 aromatic heterocycles. The Morgan fingerprint density at radius 3 is 2.24 bits per heavy atom. The van der Waals surface area contributed by atoms with E-state index in [9.17, 15) is 26.4 Å². The number of hydrogen-bond donors (Lipinski definition) is 1. The van der Waals surface area contributed by atoms with E-state index in [1.165, 1.54) is 16.4 Å². The molecule has 1 saturated carbocycles. The van der Waals surface area contributed by atoms with Gasteiger partial charge in [0.25, 0.3) is 0 Å². The maximum Gasteiger partial charge on any atom is 0.416 e. The molecule has 1 aliphatic rings. The standard InChI is InChI=1S/C32H34F3N3O3S/c1-21-16-22(2)31(23(3)17-21)42(40,41)38(27-12-13-27)20-30(39)37(19-24-8-10-26(11-9-24)32(33,34)35)15-14-25-18-36-29-7-5-4-6-28(25)29/h4-11,16-18,27,36H,12-15,19-20H2,1-3H3. The van der Waals surface area contributed by atoms with Crippen molar-refractivity contribution in [3.05, 3.63) is 100 Å². The number of alkyl halides is 3. The van der Waals surface area contributed by atoms with Crippen LogP contribution in [0.1, 0.15) is 46.2 Å². The van der Waals surface area contributed by atoms with Crippen molar-refractivity contribution >= 4 is 26.8 Å². The number of sulfonamides is 1. The molecule has 0 atom stereocenters. The highest BCUT2D eigenvalue weighted by Crippen LogP contribution is 2.35. The van der Waals surface area contributed by atoms with Crippen molar-refractivity contribution in [2.24, 2.45) is 0 Å². The highest BCUT2D eigenvalue weighted by molar-refractivity contribution is 7.89. The quantitative estimate of drug-likeness (QED) is 0.226. The van der Waals surface area contributed by atoms with Crippen LogP contribution in [-0.2, 0) is 34.0 Å². The number of fused-ring (bicyclic) bond motifs is 1. The molecule has 1 amide bonds. The molecular weight excluding hydrogens is 563 g/mol. The predicted octanol–water partition coefficient (Wildman–Crippen LogP) is 6.54. The van der Waals surface area contributed by atoms with Crippen molar-refractivity contribution in [3.63, 3.8) is 0 Å². The Kier molecular flexibility index (Phi) is 8.22. The van der Waals surface area contributed by atoms with Crippen molar-refractivity contribution in [3.8, 4) is 0 Å². The van der Waals surface area contributed by atoms with Crippen LogP contribution in [-0.4, -0.2) is 47.6 Å². The summed E-state index contributed by atoms with van der Waals surface area (Å²) < 4.78 is 68.6. The summed E-state index contributed by atoms with van der Waals surface area (Å²) in [4.78, 5) is 18.9. The lowest BCUT2D eigenvalue weighted by molar-refractivity contribution is -0.137. The van der Waals surface area contributed by atoms with Gasteiger partial charge in [-0.3, -0.25) is 4.79 Å². The average molecular weight is 598 g/mol. The van der Waals surface area contributed by atoms with Crippen LogP contribution in [0.5, 0.6) is 0 Å². The van der Waals surface area contributed by atoms with E-state index in [1.807, 2.05) is 49.5 Å². The second-order valence-electron chi connectivity index (χ2n) is 11.1. The number of carbonyl (C=O) groups excluding carboxylic acids is 1. The molecule has 0 radical (unpaired) electrons. The molecule has 1 aliphatic carbocycles. The van der Waals surface area contributed by atoms with E-state index in [0.717, 1.165) is 34.2 Å². The van der Waals surface area contributed by atoms with Crippen LogP contribution in [0.3, 0.4) is 0 Å². The molecule has 0 saturated heterocycles. The molecule has 1 N–H and O–H groups in total. The van der Waals surface area contributed by atoms with Gasteiger partial charge in [-0.2, -0.15) is 17.5 Å². The summed E-state index contributed by atoms with van der Waals surface area (Å²) in [6.07, 6.45) is -0.748. The third-order valence-electron chi connectivity index (χ3n) is 7.75. The SMILES string of the molecule is Cc1cc(C)c(S(=O)(=O)N(CC(=O)N(CCc2c[nH]c3ccccc23)Cc2ccc(C(F)(F)F)cc2)C2CC2)c(C)c1. The van der Waals surface area contributed by atoms with Gasteiger partial charge in [0, 0.05) is 36.2 Å². The Bertz CT molecular complexity index is 1690. The molecule has 4 aromatic rings. The zero-order valence-corrected chi connectivity index (χ0v) is 24.6. The van der Waals surface area contributed by atoms with Crippen LogP contribution in [0.25, 0.3) is 10.9 Å². The van der Waals surface area contributed by atoms with Crippen LogP contribution in [0.2, 0.25) is 0 Å². The highest BCUT2D eigenvalue weighted by Gasteiger charge is 2.41. The maximum atomic E-state index is 14.0. The van der Waals surface area contributed by atoms with Crippen LogP contribution < -0.4 is 0 Å². The van der Waals surface area contributed by atoms with Crippen LogP contribution >= 0.6 is 0 Å². The second-order valence-corrected chi connectivity index (χ2v) is 13.0. The lowest BCUT2D eigenvalue weighted by atomic mass is 10.1. The molecule has 1 fully saturated rings. The smallest absolute Gasteiger partial charge is 0.361 e. The van der Waals surface area contributed by atoms with Gasteiger partial charge in [-0.1, -0.05) is 48.0 Å². The molecule has 0 bridgehead atoms. The van der Waals surface area contributed by atoms with Gasteiger partial charge in [-0.15, -0.1) is 0 Å². The number of nitrogens with one attached hydrogen (secondary N) is 1. The molecule has 10 heteroatoms. The number of carbonyl (C=O) groups is 1. The third kappa shape index (κ3) is 6.39. The summed E-state index contributed by atoms with van der Waals surface area (Å²) in [7, 11) is -3.97. The molecule has 222 valence electrons. The number of aromatic nitrogens is 1. The molecule has 5 rings (SSSR count).